The van der Waals surface area contributed by atoms with Crippen molar-refractivity contribution in [2.45, 2.75) is 0 Å². The molecule has 0 spiro atoms. The summed E-state index contributed by atoms with van der Waals surface area (Å²) < 4.78 is 23.5. The number of rotatable bonds is 12. The van der Waals surface area contributed by atoms with Gasteiger partial charge in [0.15, 0.2) is 11.5 Å². The van der Waals surface area contributed by atoms with Crippen molar-refractivity contribution in [2.75, 3.05) is 72.6 Å². The van der Waals surface area contributed by atoms with E-state index in [0.717, 1.165) is 18.7 Å². The number of hydrogen-bond acceptors (Lipinski definition) is 8. The Labute approximate surface area is 256 Å². The summed E-state index contributed by atoms with van der Waals surface area (Å²) in [6.07, 6.45) is 1.85. The van der Waals surface area contributed by atoms with E-state index in [2.05, 4.69) is 10.2 Å². The Balaban J connectivity index is 1.42. The zero-order valence-electron chi connectivity index (χ0n) is 25.2. The van der Waals surface area contributed by atoms with Crippen molar-refractivity contribution in [3.8, 4) is 34.2 Å². The van der Waals surface area contributed by atoms with Gasteiger partial charge in [-0.15, -0.1) is 0 Å². The Kier molecular flexibility index (Phi) is 10.1. The van der Waals surface area contributed by atoms with Gasteiger partial charge in [-0.3, -0.25) is 24.4 Å². The minimum Gasteiger partial charge on any atom is -0.497 e. The number of nitrogens with one attached hydrogen (secondary N) is 1. The van der Waals surface area contributed by atoms with Gasteiger partial charge in [0.05, 0.1) is 45.9 Å². The quantitative estimate of drug-likeness (QED) is 0.261. The van der Waals surface area contributed by atoms with E-state index in [9.17, 15) is 9.59 Å². The third kappa shape index (κ3) is 7.36. The summed E-state index contributed by atoms with van der Waals surface area (Å²) in [5, 5.41) is 2.95. The minimum atomic E-state index is -0.379. The lowest BCUT2D eigenvalue weighted by Crippen LogP contribution is -2.45. The highest BCUT2D eigenvalue weighted by atomic mass is 16.5. The average Bonchev–Trinajstić information content (AvgIpc) is 3.50. The predicted molar refractivity (Wildman–Crippen MR) is 167 cm³/mol. The van der Waals surface area contributed by atoms with Gasteiger partial charge in [-0.1, -0.05) is 36.4 Å². The average molecular weight is 600 g/mol. The molecule has 0 aliphatic carbocycles. The molecule has 11 heteroatoms. The number of ether oxygens (including phenoxy) is 4. The van der Waals surface area contributed by atoms with Gasteiger partial charge in [0.1, 0.15) is 12.3 Å². The van der Waals surface area contributed by atoms with Crippen molar-refractivity contribution in [1.29, 1.82) is 0 Å². The smallest absolute Gasteiger partial charge is 0.254 e. The maximum atomic E-state index is 13.7. The van der Waals surface area contributed by atoms with Crippen LogP contribution in [0.1, 0.15) is 10.4 Å². The number of imidazole rings is 1. The molecule has 0 saturated carbocycles. The van der Waals surface area contributed by atoms with Crippen LogP contribution in [0.4, 0.5) is 5.95 Å². The van der Waals surface area contributed by atoms with Gasteiger partial charge in [0.25, 0.3) is 5.91 Å². The summed E-state index contributed by atoms with van der Waals surface area (Å²) in [5.74, 6) is 1.35. The van der Waals surface area contributed by atoms with E-state index in [1.165, 1.54) is 0 Å². The molecule has 3 aromatic carbocycles. The summed E-state index contributed by atoms with van der Waals surface area (Å²) in [5.41, 5.74) is 2.72. The standard InChI is InChI=1S/C33H37N5O6/c1-41-27-11-7-10-25(20-27)32(40)37(15-14-36-16-18-44-19-17-36)23-31(39)35-33-34-28(24-8-5-4-6-9-24)22-38(33)26-12-13-29(42-2)30(21-26)43-3/h4-13,20-22H,14-19,23H2,1-3H3,(H,34,35,39). The number of morpholine rings is 1. The largest absolute Gasteiger partial charge is 0.497 e. The number of methoxy groups -OCH3 is 3. The van der Waals surface area contributed by atoms with E-state index >= 15 is 0 Å². The summed E-state index contributed by atoms with van der Waals surface area (Å²) in [7, 11) is 4.70. The second-order valence-corrected chi connectivity index (χ2v) is 10.2. The van der Waals surface area contributed by atoms with Crippen LogP contribution in [-0.2, 0) is 9.53 Å². The molecule has 230 valence electrons. The van der Waals surface area contributed by atoms with Crippen molar-refractivity contribution in [3.63, 3.8) is 0 Å². The molecule has 1 N–H and O–H groups in total. The normalized spacial score (nSPS) is 13.2. The second-order valence-electron chi connectivity index (χ2n) is 10.2. The number of hydrogen-bond donors (Lipinski definition) is 1. The summed E-state index contributed by atoms with van der Waals surface area (Å²) in [4.78, 5) is 35.9. The number of carbonyl (C=O) groups is 2. The molecule has 1 aliphatic heterocycles. The Bertz CT molecular complexity index is 1570. The lowest BCUT2D eigenvalue weighted by Gasteiger charge is -2.30. The molecule has 0 bridgehead atoms. The van der Waals surface area contributed by atoms with Crippen LogP contribution in [0.25, 0.3) is 16.9 Å². The number of benzene rings is 3. The SMILES string of the molecule is COc1cccc(C(=O)N(CCN2CCOCC2)CC(=O)Nc2nc(-c3ccccc3)cn2-c2ccc(OC)c(OC)c2)c1. The fourth-order valence-corrected chi connectivity index (χ4v) is 5.00. The van der Waals surface area contributed by atoms with Crippen molar-refractivity contribution in [3.05, 3.63) is 84.6 Å². The Morgan fingerprint density at radius 3 is 2.41 bits per heavy atom. The molecule has 1 aromatic heterocycles. The van der Waals surface area contributed by atoms with Crippen LogP contribution in [-0.4, -0.2) is 98.4 Å². The lowest BCUT2D eigenvalue weighted by molar-refractivity contribution is -0.117. The molecule has 0 atom stereocenters. The van der Waals surface area contributed by atoms with Crippen LogP contribution in [0.5, 0.6) is 17.2 Å². The molecule has 11 nitrogen and oxygen atoms in total. The van der Waals surface area contributed by atoms with Gasteiger partial charge in [-0.05, 0) is 30.3 Å². The molecule has 2 heterocycles. The first kappa shape index (κ1) is 30.6. The lowest BCUT2D eigenvalue weighted by atomic mass is 10.2. The topological polar surface area (TPSA) is 107 Å². The number of aromatic nitrogens is 2. The van der Waals surface area contributed by atoms with Crippen LogP contribution in [0, 0.1) is 0 Å². The first-order chi connectivity index (χ1) is 21.5. The Morgan fingerprint density at radius 2 is 1.68 bits per heavy atom. The van der Waals surface area contributed by atoms with Gasteiger partial charge in [-0.2, -0.15) is 0 Å². The van der Waals surface area contributed by atoms with Crippen molar-refractivity contribution < 1.29 is 28.5 Å². The number of nitrogens with zero attached hydrogens (tertiary/aromatic N) is 4. The number of anilines is 1. The third-order valence-electron chi connectivity index (χ3n) is 7.40. The van der Waals surface area contributed by atoms with E-state index in [4.69, 9.17) is 23.9 Å². The van der Waals surface area contributed by atoms with E-state index in [-0.39, 0.29) is 18.4 Å². The molecule has 4 aromatic rings. The van der Waals surface area contributed by atoms with E-state index < -0.39 is 0 Å². The Morgan fingerprint density at radius 1 is 0.909 bits per heavy atom. The minimum absolute atomic E-state index is 0.167. The first-order valence-corrected chi connectivity index (χ1v) is 14.4. The molecule has 0 radical (unpaired) electrons. The molecule has 1 saturated heterocycles. The predicted octanol–water partition coefficient (Wildman–Crippen LogP) is 3.98. The van der Waals surface area contributed by atoms with Gasteiger partial charge in [-0.25, -0.2) is 4.98 Å². The maximum absolute atomic E-state index is 13.7. The highest BCUT2D eigenvalue weighted by molar-refractivity contribution is 5.99. The van der Waals surface area contributed by atoms with Crippen molar-refractivity contribution in [1.82, 2.24) is 19.4 Å². The monoisotopic (exact) mass is 599 g/mol. The number of carbonyl (C=O) groups excluding carboxylic acids is 2. The van der Waals surface area contributed by atoms with E-state index in [1.54, 1.807) is 61.1 Å². The van der Waals surface area contributed by atoms with E-state index in [0.29, 0.717) is 66.4 Å². The zero-order valence-corrected chi connectivity index (χ0v) is 25.2. The highest BCUT2D eigenvalue weighted by Gasteiger charge is 2.23. The van der Waals surface area contributed by atoms with E-state index in [1.807, 2.05) is 48.7 Å². The van der Waals surface area contributed by atoms with Crippen LogP contribution in [0.3, 0.4) is 0 Å². The van der Waals surface area contributed by atoms with Gasteiger partial charge >= 0.3 is 0 Å². The number of amides is 2. The molecular formula is C33H37N5O6. The van der Waals surface area contributed by atoms with Gasteiger partial charge in [0, 0.05) is 49.6 Å². The zero-order chi connectivity index (χ0) is 30.9. The van der Waals surface area contributed by atoms with Crippen molar-refractivity contribution >= 4 is 17.8 Å². The molecule has 1 aliphatic rings. The Hall–Kier alpha value is -4.87. The molecule has 44 heavy (non-hydrogen) atoms. The third-order valence-corrected chi connectivity index (χ3v) is 7.40. The maximum Gasteiger partial charge on any atom is 0.254 e. The molecular weight excluding hydrogens is 562 g/mol. The van der Waals surface area contributed by atoms with Crippen molar-refractivity contribution in [2.24, 2.45) is 0 Å². The molecule has 1 fully saturated rings. The summed E-state index contributed by atoms with van der Waals surface area (Å²) in [6.45, 7) is 3.66. The summed E-state index contributed by atoms with van der Waals surface area (Å²) in [6, 6.07) is 22.1. The molecule has 2 amide bonds. The summed E-state index contributed by atoms with van der Waals surface area (Å²) >= 11 is 0. The first-order valence-electron chi connectivity index (χ1n) is 14.4. The van der Waals surface area contributed by atoms with Crippen LogP contribution in [0.2, 0.25) is 0 Å². The second kappa shape index (κ2) is 14.5. The van der Waals surface area contributed by atoms with Crippen LogP contribution >= 0.6 is 0 Å². The fraction of sp³-hybridized carbons (Fsp3) is 0.303. The molecule has 5 rings (SSSR count). The van der Waals surface area contributed by atoms with Gasteiger partial charge in [0.2, 0.25) is 11.9 Å². The highest BCUT2D eigenvalue weighted by Crippen LogP contribution is 2.32. The van der Waals surface area contributed by atoms with Crippen LogP contribution in [0.15, 0.2) is 79.0 Å². The van der Waals surface area contributed by atoms with Crippen LogP contribution < -0.4 is 19.5 Å². The van der Waals surface area contributed by atoms with Gasteiger partial charge < -0.3 is 23.8 Å². The molecule has 0 unspecified atom stereocenters. The fourth-order valence-electron chi connectivity index (χ4n) is 5.00.